The summed E-state index contributed by atoms with van der Waals surface area (Å²) in [5.74, 6) is 0.747. The van der Waals surface area contributed by atoms with E-state index in [1.165, 1.54) is 40.2 Å². The van der Waals surface area contributed by atoms with E-state index in [2.05, 4.69) is 85.8 Å². The summed E-state index contributed by atoms with van der Waals surface area (Å²) in [6, 6.07) is 21.3. The van der Waals surface area contributed by atoms with Crippen molar-refractivity contribution in [2.75, 3.05) is 0 Å². The van der Waals surface area contributed by atoms with Gasteiger partial charge in [0.2, 0.25) is 0 Å². The maximum absolute atomic E-state index is 5.13. The lowest BCUT2D eigenvalue weighted by atomic mass is 9.73. The number of benzene rings is 2. The largest absolute Gasteiger partial charge is 0.286 e. The molecule has 0 unspecified atom stereocenters. The van der Waals surface area contributed by atoms with Gasteiger partial charge in [0.25, 0.3) is 0 Å². The third-order valence-electron chi connectivity index (χ3n) is 6.13. The van der Waals surface area contributed by atoms with Crippen molar-refractivity contribution in [2.24, 2.45) is 11.3 Å². The van der Waals surface area contributed by atoms with E-state index in [9.17, 15) is 0 Å². The maximum Gasteiger partial charge on any atom is 0.195 e. The minimum atomic E-state index is 0.362. The number of thiazole rings is 1. The number of rotatable bonds is 2. The van der Waals surface area contributed by atoms with Gasteiger partial charge in [0.15, 0.2) is 4.96 Å². The molecule has 2 aromatic heterocycles. The Bertz CT molecular complexity index is 1110. The molecular formula is C25H26N2S. The second kappa shape index (κ2) is 6.59. The molecule has 5 rings (SSSR count). The number of hydrogen-bond acceptors (Lipinski definition) is 2. The molecule has 0 radical (unpaired) electrons. The van der Waals surface area contributed by atoms with Crippen LogP contribution >= 0.6 is 11.3 Å². The number of aromatic nitrogens is 2. The molecule has 4 aromatic rings. The molecule has 2 aromatic carbocycles. The predicted molar refractivity (Wildman–Crippen MR) is 119 cm³/mol. The summed E-state index contributed by atoms with van der Waals surface area (Å²) in [7, 11) is 0. The lowest BCUT2D eigenvalue weighted by molar-refractivity contribution is 0.216. The van der Waals surface area contributed by atoms with Crippen LogP contribution in [0.4, 0.5) is 0 Å². The van der Waals surface area contributed by atoms with Crippen LogP contribution in [0, 0.1) is 11.3 Å². The molecule has 1 aliphatic carbocycles. The van der Waals surface area contributed by atoms with Crippen LogP contribution in [-0.4, -0.2) is 9.38 Å². The highest BCUT2D eigenvalue weighted by atomic mass is 32.1. The molecule has 0 bridgehead atoms. The third kappa shape index (κ3) is 2.89. The van der Waals surface area contributed by atoms with Crippen LogP contribution in [0.5, 0.6) is 0 Å². The van der Waals surface area contributed by atoms with E-state index in [1.54, 1.807) is 0 Å². The fraction of sp³-hybridized carbons (Fsp3) is 0.320. The molecule has 0 fully saturated rings. The van der Waals surface area contributed by atoms with E-state index in [-0.39, 0.29) is 0 Å². The van der Waals surface area contributed by atoms with Gasteiger partial charge in [-0.15, -0.1) is 11.3 Å². The van der Waals surface area contributed by atoms with Gasteiger partial charge in [-0.05, 0) is 30.6 Å². The number of hydrogen-bond donors (Lipinski definition) is 0. The molecule has 0 aliphatic heterocycles. The highest BCUT2D eigenvalue weighted by Crippen LogP contribution is 2.43. The van der Waals surface area contributed by atoms with E-state index in [0.29, 0.717) is 5.41 Å². The van der Waals surface area contributed by atoms with E-state index in [1.807, 2.05) is 11.3 Å². The Morgan fingerprint density at radius 1 is 0.929 bits per heavy atom. The molecule has 3 heteroatoms. The van der Waals surface area contributed by atoms with Gasteiger partial charge in [0, 0.05) is 21.7 Å². The predicted octanol–water partition coefficient (Wildman–Crippen LogP) is 6.88. The molecule has 0 N–H and O–H groups in total. The molecular weight excluding hydrogens is 360 g/mol. The van der Waals surface area contributed by atoms with Crippen molar-refractivity contribution in [3.8, 4) is 22.5 Å². The van der Waals surface area contributed by atoms with Crippen molar-refractivity contribution < 1.29 is 0 Å². The standard InChI is InChI=1S/C25H26N2S/c1-25(2,3)19-14-15-20-21(16-19)28-24-26-22(17-10-6-4-7-11-17)23(27(20)24)18-12-8-5-9-13-18/h4-13,19H,14-16H2,1-3H3/t19-/m0/s1. The summed E-state index contributed by atoms with van der Waals surface area (Å²) in [5, 5.41) is 0. The normalized spacial score (nSPS) is 17.0. The molecule has 142 valence electrons. The topological polar surface area (TPSA) is 17.3 Å². The zero-order valence-electron chi connectivity index (χ0n) is 16.8. The SMILES string of the molecule is CC(C)(C)[C@H]1CCc2c(sc3nc(-c4ccccc4)c(-c4ccccc4)n23)C1. The van der Waals surface area contributed by atoms with Crippen molar-refractivity contribution in [2.45, 2.75) is 40.0 Å². The molecule has 1 aliphatic rings. The Kier molecular flexibility index (Phi) is 4.17. The van der Waals surface area contributed by atoms with Crippen molar-refractivity contribution in [3.05, 3.63) is 71.2 Å². The van der Waals surface area contributed by atoms with Gasteiger partial charge in [-0.1, -0.05) is 81.4 Å². The van der Waals surface area contributed by atoms with E-state index in [4.69, 9.17) is 4.98 Å². The fourth-order valence-corrected chi connectivity index (χ4v) is 5.70. The maximum atomic E-state index is 5.13. The Morgan fingerprint density at radius 3 is 2.21 bits per heavy atom. The first-order valence-corrected chi connectivity index (χ1v) is 11.0. The Balaban J connectivity index is 1.73. The average Bonchev–Trinajstić information content (AvgIpc) is 3.24. The van der Waals surface area contributed by atoms with Crippen molar-refractivity contribution in [1.82, 2.24) is 9.38 Å². The molecule has 0 amide bonds. The second-order valence-corrected chi connectivity index (χ2v) is 10.00. The summed E-state index contributed by atoms with van der Waals surface area (Å²) in [6.45, 7) is 7.14. The van der Waals surface area contributed by atoms with Crippen molar-refractivity contribution >= 4 is 16.3 Å². The number of aryl methyl sites for hydroxylation is 1. The van der Waals surface area contributed by atoms with Gasteiger partial charge >= 0.3 is 0 Å². The van der Waals surface area contributed by atoms with Crippen LogP contribution in [0.3, 0.4) is 0 Å². The van der Waals surface area contributed by atoms with Gasteiger partial charge in [0.1, 0.15) is 0 Å². The van der Waals surface area contributed by atoms with E-state index in [0.717, 1.165) is 23.0 Å². The van der Waals surface area contributed by atoms with Gasteiger partial charge < -0.3 is 0 Å². The molecule has 1 atom stereocenters. The van der Waals surface area contributed by atoms with Gasteiger partial charge in [-0.3, -0.25) is 4.40 Å². The first kappa shape index (κ1) is 17.7. The highest BCUT2D eigenvalue weighted by molar-refractivity contribution is 7.17. The average molecular weight is 387 g/mol. The van der Waals surface area contributed by atoms with E-state index >= 15 is 0 Å². The Morgan fingerprint density at radius 2 is 1.57 bits per heavy atom. The van der Waals surface area contributed by atoms with Crippen molar-refractivity contribution in [1.29, 1.82) is 0 Å². The molecule has 0 saturated carbocycles. The minimum absolute atomic E-state index is 0.362. The minimum Gasteiger partial charge on any atom is -0.286 e. The van der Waals surface area contributed by atoms with Crippen LogP contribution < -0.4 is 0 Å². The van der Waals surface area contributed by atoms with Gasteiger partial charge in [-0.25, -0.2) is 4.98 Å². The molecule has 0 saturated heterocycles. The van der Waals surface area contributed by atoms with Gasteiger partial charge in [-0.2, -0.15) is 0 Å². The number of nitrogens with zero attached hydrogens (tertiary/aromatic N) is 2. The highest BCUT2D eigenvalue weighted by Gasteiger charge is 2.32. The smallest absolute Gasteiger partial charge is 0.195 e. The van der Waals surface area contributed by atoms with Crippen LogP contribution in [0.2, 0.25) is 0 Å². The summed E-state index contributed by atoms with van der Waals surface area (Å²) >= 11 is 1.90. The Labute approximate surface area is 170 Å². The Hall–Kier alpha value is -2.39. The van der Waals surface area contributed by atoms with Gasteiger partial charge in [0.05, 0.1) is 11.4 Å². The molecule has 28 heavy (non-hydrogen) atoms. The zero-order chi connectivity index (χ0) is 19.3. The monoisotopic (exact) mass is 386 g/mol. The summed E-state index contributed by atoms with van der Waals surface area (Å²) in [5.41, 5.74) is 6.62. The zero-order valence-corrected chi connectivity index (χ0v) is 17.6. The summed E-state index contributed by atoms with van der Waals surface area (Å²) in [6.07, 6.45) is 3.58. The first-order valence-electron chi connectivity index (χ1n) is 10.2. The first-order chi connectivity index (χ1) is 13.5. The van der Waals surface area contributed by atoms with E-state index < -0.39 is 0 Å². The summed E-state index contributed by atoms with van der Waals surface area (Å²) < 4.78 is 2.45. The van der Waals surface area contributed by atoms with Crippen LogP contribution in [0.25, 0.3) is 27.5 Å². The second-order valence-electron chi connectivity index (χ2n) is 8.94. The number of fused-ring (bicyclic) bond motifs is 3. The molecule has 2 heterocycles. The van der Waals surface area contributed by atoms with Crippen LogP contribution in [0.15, 0.2) is 60.7 Å². The lowest BCUT2D eigenvalue weighted by Crippen LogP contribution is -2.26. The summed E-state index contributed by atoms with van der Waals surface area (Å²) in [4.78, 5) is 7.80. The molecule has 0 spiro atoms. The van der Waals surface area contributed by atoms with Crippen LogP contribution in [0.1, 0.15) is 37.8 Å². The third-order valence-corrected chi connectivity index (χ3v) is 7.24. The quantitative estimate of drug-likeness (QED) is 0.367. The number of imidazole rings is 1. The van der Waals surface area contributed by atoms with Crippen LogP contribution in [-0.2, 0) is 12.8 Å². The lowest BCUT2D eigenvalue weighted by Gasteiger charge is -2.33. The molecule has 2 nitrogen and oxygen atoms in total. The van der Waals surface area contributed by atoms with Crippen molar-refractivity contribution in [3.63, 3.8) is 0 Å². The fourth-order valence-electron chi connectivity index (χ4n) is 4.46.